The number of carbonyl (C=O) groups excluding carboxylic acids is 1. The summed E-state index contributed by atoms with van der Waals surface area (Å²) in [5, 5.41) is 49.4. The predicted octanol–water partition coefficient (Wildman–Crippen LogP) is 15.9. The van der Waals surface area contributed by atoms with Crippen molar-refractivity contribution in [2.24, 2.45) is 17.8 Å². The lowest BCUT2D eigenvalue weighted by Crippen LogP contribution is -2.27. The molecule has 5 aliphatic rings. The van der Waals surface area contributed by atoms with Crippen molar-refractivity contribution >= 4 is 79.7 Å². The molecule has 8 bridgehead atoms. The van der Waals surface area contributed by atoms with Gasteiger partial charge >= 0.3 is 6.09 Å². The summed E-state index contributed by atoms with van der Waals surface area (Å²) in [7, 11) is 2.74. The van der Waals surface area contributed by atoms with Crippen molar-refractivity contribution in [3.05, 3.63) is 184 Å². The summed E-state index contributed by atoms with van der Waals surface area (Å²) in [6.07, 6.45) is 10.3. The topological polar surface area (TPSA) is 238 Å². The highest BCUT2D eigenvalue weighted by Gasteiger charge is 2.52. The number of halogens is 4. The molecule has 95 heavy (non-hydrogen) atoms. The number of alkyl carbamates (subject to hydrolysis) is 1. The molecular formula is C72H65F4N9O8S2. The third-order valence-corrected chi connectivity index (χ3v) is 20.3. The smallest absolute Gasteiger partial charge is 0.407 e. The Hall–Kier alpha value is -9.55. The zero-order chi connectivity index (χ0) is 65.3. The van der Waals surface area contributed by atoms with E-state index in [2.05, 4.69) is 36.0 Å². The van der Waals surface area contributed by atoms with Crippen molar-refractivity contribution in [3.63, 3.8) is 0 Å². The molecule has 1 saturated carbocycles. The summed E-state index contributed by atoms with van der Waals surface area (Å²) in [6.45, 7) is 3.63. The standard InChI is InChI=1S/C72H65F4N9O8S2/c1-38-36-91-71(93-38)39-13-15-47(16-14-39)90-29-5-9-43-35-49-48(17-18-59-69(43)84-85-83-59)50(49)37-92-72(89)78-28-31-95-94-30-27-77-70-67(75)65(73)64(66(74)68(70)76)63-57-25-23-55(81-57)61(41-7-3-11-45(87)33-41)53-21-19-51(79-53)60(40-6-2-10-44(86)32-40)52-20-22-54(80-52)62(56-24-26-58(63)82-56)42-8-4-12-46(88)34-42/h2-4,6-8,10-16,19-26,32-34,38,43,48-50,71,77,79,82,86-88H,5,9,17-18,27-31,35-37H2,1H3,(H,78,89)(H,83,84,85)/t38?,43?,48-,49+,50-,71?/m1/s1. The van der Waals surface area contributed by atoms with E-state index in [0.29, 0.717) is 98.7 Å². The van der Waals surface area contributed by atoms with Gasteiger partial charge in [0.15, 0.2) is 29.6 Å². The number of hydrogen-bond acceptors (Lipinski definition) is 15. The molecular weight excluding hydrogens is 1260 g/mol. The van der Waals surface area contributed by atoms with Crippen LogP contribution in [0.4, 0.5) is 28.0 Å². The van der Waals surface area contributed by atoms with Crippen molar-refractivity contribution in [2.45, 2.75) is 57.3 Å². The number of aromatic nitrogens is 7. The molecule has 1 saturated heterocycles. The highest BCUT2D eigenvalue weighted by atomic mass is 33.1. The number of fused-ring (bicyclic) bond motifs is 10. The maximum absolute atomic E-state index is 17.1. The third kappa shape index (κ3) is 13.3. The molecule has 4 aromatic heterocycles. The molecule has 1 amide bonds. The van der Waals surface area contributed by atoms with E-state index in [9.17, 15) is 20.1 Å². The van der Waals surface area contributed by atoms with Crippen LogP contribution in [-0.2, 0) is 20.6 Å². The zero-order valence-electron chi connectivity index (χ0n) is 51.3. The number of ether oxygens (including phenoxy) is 4. The molecule has 3 unspecified atom stereocenters. The summed E-state index contributed by atoms with van der Waals surface area (Å²) in [5.41, 5.74) is 6.51. The fourth-order valence-electron chi connectivity index (χ4n) is 13.4. The van der Waals surface area contributed by atoms with Crippen LogP contribution < -0.4 is 15.4 Å². The van der Waals surface area contributed by atoms with Gasteiger partial charge in [-0.2, -0.15) is 0 Å². The van der Waals surface area contributed by atoms with Gasteiger partial charge in [-0.05, 0) is 171 Å². The summed E-state index contributed by atoms with van der Waals surface area (Å²) in [5.74, 6) is -3.92. The van der Waals surface area contributed by atoms with Crippen LogP contribution in [0.2, 0.25) is 0 Å². The van der Waals surface area contributed by atoms with Crippen LogP contribution in [0.25, 0.3) is 90.9 Å². The predicted molar refractivity (Wildman–Crippen MR) is 361 cm³/mol. The fraction of sp³-hybridized carbons (Fsp3) is 0.264. The second-order valence-corrected chi connectivity index (χ2v) is 26.8. The number of anilines is 1. The Labute approximate surface area is 550 Å². The van der Waals surface area contributed by atoms with E-state index in [4.69, 9.17) is 28.9 Å². The first-order chi connectivity index (χ1) is 46.3. The Bertz CT molecular complexity index is 4570. The Kier molecular flexibility index (Phi) is 18.1. The number of nitrogens with one attached hydrogen (secondary N) is 5. The fourth-order valence-corrected chi connectivity index (χ4v) is 15.2. The van der Waals surface area contributed by atoms with Crippen LogP contribution >= 0.6 is 21.6 Å². The minimum atomic E-state index is -1.67. The normalized spacial score (nSPS) is 18.6. The minimum absolute atomic E-state index is 0.0245. The summed E-state index contributed by atoms with van der Waals surface area (Å²) in [4.78, 5) is 29.8. The van der Waals surface area contributed by atoms with Crippen LogP contribution in [0.15, 0.2) is 121 Å². The Morgan fingerprint density at radius 1 is 0.663 bits per heavy atom. The van der Waals surface area contributed by atoms with Crippen LogP contribution in [0.3, 0.4) is 0 Å². The first kappa shape index (κ1) is 62.9. The number of hydrogen-bond donors (Lipinski definition) is 8. The quantitative estimate of drug-likeness (QED) is 0.0153. The van der Waals surface area contributed by atoms with E-state index in [-0.39, 0.29) is 82.8 Å². The molecule has 6 atom stereocenters. The summed E-state index contributed by atoms with van der Waals surface area (Å²) >= 11 is 0. The number of phenols is 3. The lowest BCUT2D eigenvalue weighted by atomic mass is 9.88. The number of benzene rings is 5. The maximum Gasteiger partial charge on any atom is 0.407 e. The molecule has 8 N–H and O–H groups in total. The van der Waals surface area contributed by atoms with E-state index in [0.717, 1.165) is 54.8 Å². The van der Waals surface area contributed by atoms with Crippen molar-refractivity contribution in [3.8, 4) is 67.5 Å². The molecule has 7 heterocycles. The van der Waals surface area contributed by atoms with Crippen LogP contribution in [0, 0.1) is 41.0 Å². The molecule has 2 aliphatic carbocycles. The summed E-state index contributed by atoms with van der Waals surface area (Å²) < 4.78 is 90.8. The molecule has 0 radical (unpaired) electrons. The molecule has 486 valence electrons. The SMILES string of the molecule is CC1COC(c2ccc(OCCCC3C[C@H]4[C@@H](CCc5nn[nH]c53)[C@H]4COC(=O)NCCSSCCNc3c(F)c(F)c(-c4c5nc(c(-c6cccc(O)c6)c6ccc([nH]6)c(-c6cccc(O)c6)c6nc(c(-c7cccc(O)c7)c7ccc4[nH]7)C=C6)C=C5)c(F)c3F)cc2)O1. The van der Waals surface area contributed by atoms with Gasteiger partial charge in [0.1, 0.15) is 28.7 Å². The van der Waals surface area contributed by atoms with Gasteiger partial charge in [-0.15, -0.1) is 5.10 Å². The number of aryl methyl sites for hydroxylation is 1. The molecule has 3 aliphatic heterocycles. The van der Waals surface area contributed by atoms with E-state index in [1.165, 1.54) is 58.0 Å². The molecule has 0 spiro atoms. The van der Waals surface area contributed by atoms with Gasteiger partial charge in [0.25, 0.3) is 0 Å². The number of phenolic OH excluding ortho intramolecular Hbond substituents is 3. The second-order valence-electron chi connectivity index (χ2n) is 24.1. The zero-order valence-corrected chi connectivity index (χ0v) is 52.9. The minimum Gasteiger partial charge on any atom is -0.508 e. The number of H-pyrrole nitrogens is 3. The van der Waals surface area contributed by atoms with Gasteiger partial charge in [-0.25, -0.2) is 32.3 Å². The molecule has 5 aromatic carbocycles. The van der Waals surface area contributed by atoms with Crippen molar-refractivity contribution in [1.29, 1.82) is 0 Å². The first-order valence-electron chi connectivity index (χ1n) is 31.5. The molecule has 9 aromatic rings. The van der Waals surface area contributed by atoms with Gasteiger partial charge in [-0.1, -0.05) is 75.3 Å². The molecule has 2 fully saturated rings. The number of aromatic amines is 3. The van der Waals surface area contributed by atoms with Crippen LogP contribution in [-0.4, -0.2) is 107 Å². The van der Waals surface area contributed by atoms with E-state index in [1.807, 2.05) is 49.4 Å². The largest absolute Gasteiger partial charge is 0.508 e. The van der Waals surface area contributed by atoms with E-state index in [1.54, 1.807) is 66.7 Å². The monoisotopic (exact) mass is 1320 g/mol. The van der Waals surface area contributed by atoms with Gasteiger partial charge in [-0.3, -0.25) is 5.10 Å². The lowest BCUT2D eigenvalue weighted by Gasteiger charge is -2.19. The Morgan fingerprint density at radius 2 is 1.21 bits per heavy atom. The lowest BCUT2D eigenvalue weighted by molar-refractivity contribution is -0.0572. The maximum atomic E-state index is 17.1. The van der Waals surface area contributed by atoms with Gasteiger partial charge in [0.05, 0.1) is 65.7 Å². The Balaban J connectivity index is 0.646. The van der Waals surface area contributed by atoms with Crippen LogP contribution in [0.1, 0.15) is 84.5 Å². The van der Waals surface area contributed by atoms with E-state index >= 15 is 17.6 Å². The van der Waals surface area contributed by atoms with E-state index < -0.39 is 40.6 Å². The Morgan fingerprint density at radius 3 is 1.76 bits per heavy atom. The van der Waals surface area contributed by atoms with Crippen LogP contribution in [0.5, 0.6) is 23.0 Å². The molecule has 17 nitrogen and oxygen atoms in total. The highest BCUT2D eigenvalue weighted by molar-refractivity contribution is 8.76. The van der Waals surface area contributed by atoms with Gasteiger partial charge in [0.2, 0.25) is 0 Å². The average Bonchev–Trinajstić information content (AvgIpc) is 1.71. The summed E-state index contributed by atoms with van der Waals surface area (Å²) in [6, 6.07) is 34.3. The molecule has 23 heteroatoms. The van der Waals surface area contributed by atoms with Crippen molar-refractivity contribution in [1.82, 2.24) is 40.7 Å². The third-order valence-electron chi connectivity index (χ3n) is 17.9. The van der Waals surface area contributed by atoms with Gasteiger partial charge < -0.3 is 54.9 Å². The average molecular weight is 1320 g/mol. The number of nitrogens with zero attached hydrogens (tertiary/aromatic N) is 4. The van der Waals surface area contributed by atoms with Crippen molar-refractivity contribution in [2.75, 3.05) is 49.7 Å². The molecule has 14 rings (SSSR count). The highest BCUT2D eigenvalue weighted by Crippen LogP contribution is 2.56. The number of aromatic hydroxyl groups is 3. The second kappa shape index (κ2) is 27.4. The van der Waals surface area contributed by atoms with Crippen molar-refractivity contribution < 1.29 is 56.6 Å². The number of rotatable bonds is 20. The van der Waals surface area contributed by atoms with Gasteiger partial charge in [0, 0.05) is 80.4 Å². The first-order valence-corrected chi connectivity index (χ1v) is 34.0. The number of amides is 1. The number of carbonyl (C=O) groups is 1.